The molecule has 0 aliphatic rings. The molecular weight excluding hydrogens is 246 g/mol. The summed E-state index contributed by atoms with van der Waals surface area (Å²) in [6.45, 7) is 8.86. The third-order valence-corrected chi connectivity index (χ3v) is 4.77. The van der Waals surface area contributed by atoms with Gasteiger partial charge in [0.2, 0.25) is 0 Å². The maximum atomic E-state index is 3.67. The van der Waals surface area contributed by atoms with Gasteiger partial charge in [-0.1, -0.05) is 0 Å². The first-order chi connectivity index (χ1) is 8.08. The van der Waals surface area contributed by atoms with Crippen LogP contribution in [0.2, 0.25) is 0 Å². The maximum absolute atomic E-state index is 3.67. The van der Waals surface area contributed by atoms with Crippen molar-refractivity contribution < 1.29 is 0 Å². The van der Waals surface area contributed by atoms with Crippen LogP contribution < -0.4 is 5.32 Å². The second-order valence-electron chi connectivity index (χ2n) is 4.54. The van der Waals surface area contributed by atoms with Crippen molar-refractivity contribution in [2.24, 2.45) is 0 Å². The van der Waals surface area contributed by atoms with Crippen LogP contribution in [-0.4, -0.2) is 0 Å². The van der Waals surface area contributed by atoms with Gasteiger partial charge in [-0.05, 0) is 61.7 Å². The van der Waals surface area contributed by atoms with Gasteiger partial charge in [0.15, 0.2) is 0 Å². The van der Waals surface area contributed by atoms with Crippen LogP contribution in [0.15, 0.2) is 22.9 Å². The van der Waals surface area contributed by atoms with Gasteiger partial charge in [0.1, 0.15) is 0 Å². The number of hydrogen-bond donors (Lipinski definition) is 1. The van der Waals surface area contributed by atoms with Crippen molar-refractivity contribution in [3.63, 3.8) is 0 Å². The zero-order valence-corrected chi connectivity index (χ0v) is 12.4. The molecule has 1 nitrogen and oxygen atoms in total. The zero-order valence-electron chi connectivity index (χ0n) is 10.8. The van der Waals surface area contributed by atoms with Crippen LogP contribution in [0, 0.1) is 13.8 Å². The number of rotatable bonds is 4. The Morgan fingerprint density at radius 2 is 1.94 bits per heavy atom. The summed E-state index contributed by atoms with van der Waals surface area (Å²) in [6, 6.07) is 5.32. The maximum Gasteiger partial charge on any atom is 0.0308 e. The molecule has 2 atom stereocenters. The number of thiophene rings is 2. The van der Waals surface area contributed by atoms with E-state index in [0.29, 0.717) is 12.1 Å². The predicted octanol–water partition coefficient (Wildman–Crippen LogP) is 4.84. The van der Waals surface area contributed by atoms with Crippen LogP contribution in [-0.2, 0) is 0 Å². The fourth-order valence-corrected chi connectivity index (χ4v) is 3.94. The molecule has 2 aromatic heterocycles. The molecule has 3 heteroatoms. The van der Waals surface area contributed by atoms with Crippen molar-refractivity contribution in [1.82, 2.24) is 5.32 Å². The topological polar surface area (TPSA) is 12.0 Å². The van der Waals surface area contributed by atoms with E-state index in [1.807, 2.05) is 11.3 Å². The second-order valence-corrected chi connectivity index (χ2v) is 6.78. The van der Waals surface area contributed by atoms with Crippen LogP contribution in [0.5, 0.6) is 0 Å². The molecule has 2 unspecified atom stereocenters. The predicted molar refractivity (Wildman–Crippen MR) is 78.1 cm³/mol. The van der Waals surface area contributed by atoms with Crippen molar-refractivity contribution in [3.8, 4) is 0 Å². The summed E-state index contributed by atoms with van der Waals surface area (Å²) in [5.74, 6) is 0. The quantitative estimate of drug-likeness (QED) is 0.834. The third kappa shape index (κ3) is 2.97. The summed E-state index contributed by atoms with van der Waals surface area (Å²) in [6.07, 6.45) is 0. The molecule has 2 heterocycles. The van der Waals surface area contributed by atoms with Crippen molar-refractivity contribution >= 4 is 22.7 Å². The van der Waals surface area contributed by atoms with E-state index in [2.05, 4.69) is 55.9 Å². The van der Waals surface area contributed by atoms with Crippen LogP contribution in [0.25, 0.3) is 0 Å². The van der Waals surface area contributed by atoms with E-state index in [4.69, 9.17) is 0 Å². The minimum atomic E-state index is 0.412. The van der Waals surface area contributed by atoms with Gasteiger partial charge < -0.3 is 5.32 Å². The minimum Gasteiger partial charge on any atom is -0.304 e. The highest BCUT2D eigenvalue weighted by Crippen LogP contribution is 2.28. The number of nitrogens with one attached hydrogen (secondary N) is 1. The number of aryl methyl sites for hydroxylation is 2. The average molecular weight is 265 g/mol. The van der Waals surface area contributed by atoms with Crippen molar-refractivity contribution in [2.75, 3.05) is 0 Å². The van der Waals surface area contributed by atoms with Crippen LogP contribution in [0.4, 0.5) is 0 Å². The van der Waals surface area contributed by atoms with Gasteiger partial charge in [0.25, 0.3) is 0 Å². The molecular formula is C14H19NS2. The first-order valence-electron chi connectivity index (χ1n) is 5.93. The van der Waals surface area contributed by atoms with E-state index in [1.165, 1.54) is 20.9 Å². The Kier molecular flexibility index (Phi) is 4.02. The first-order valence-corrected chi connectivity index (χ1v) is 7.69. The molecule has 0 radical (unpaired) electrons. The van der Waals surface area contributed by atoms with E-state index in [1.54, 1.807) is 11.3 Å². The van der Waals surface area contributed by atoms with Crippen molar-refractivity contribution in [3.05, 3.63) is 43.8 Å². The average Bonchev–Trinajstić information content (AvgIpc) is 2.87. The van der Waals surface area contributed by atoms with E-state index in [9.17, 15) is 0 Å². The SMILES string of the molecule is Cc1cc(C(C)NC(C)c2ccsc2)c(C)s1. The molecule has 1 N–H and O–H groups in total. The summed E-state index contributed by atoms with van der Waals surface area (Å²) < 4.78 is 0. The Morgan fingerprint density at radius 1 is 1.18 bits per heavy atom. The molecule has 0 aliphatic heterocycles. The Hall–Kier alpha value is -0.640. The Balaban J connectivity index is 2.06. The van der Waals surface area contributed by atoms with Crippen LogP contribution in [0.3, 0.4) is 0 Å². The summed E-state index contributed by atoms with van der Waals surface area (Å²) in [4.78, 5) is 2.83. The van der Waals surface area contributed by atoms with E-state index in [-0.39, 0.29) is 0 Å². The fourth-order valence-electron chi connectivity index (χ4n) is 2.16. The smallest absolute Gasteiger partial charge is 0.0308 e. The molecule has 0 amide bonds. The standard InChI is InChI=1S/C14H19NS2/c1-9-7-14(12(4)17-9)11(3)15-10(2)13-5-6-16-8-13/h5-8,10-11,15H,1-4H3. The highest BCUT2D eigenvalue weighted by atomic mass is 32.1. The van der Waals surface area contributed by atoms with Crippen LogP contribution in [0.1, 0.15) is 46.8 Å². The van der Waals surface area contributed by atoms with Crippen molar-refractivity contribution in [1.29, 1.82) is 0 Å². The Bertz CT molecular complexity index is 470. The zero-order chi connectivity index (χ0) is 12.4. The molecule has 0 bridgehead atoms. The van der Waals surface area contributed by atoms with Gasteiger partial charge in [-0.25, -0.2) is 0 Å². The molecule has 0 saturated carbocycles. The van der Waals surface area contributed by atoms with Gasteiger partial charge in [-0.15, -0.1) is 11.3 Å². The molecule has 2 aromatic rings. The molecule has 0 saturated heterocycles. The lowest BCUT2D eigenvalue weighted by atomic mass is 10.1. The molecule has 17 heavy (non-hydrogen) atoms. The lowest BCUT2D eigenvalue weighted by Crippen LogP contribution is -2.22. The molecule has 0 spiro atoms. The van der Waals surface area contributed by atoms with Gasteiger partial charge in [-0.3, -0.25) is 0 Å². The second kappa shape index (κ2) is 5.34. The lowest BCUT2D eigenvalue weighted by molar-refractivity contribution is 0.495. The lowest BCUT2D eigenvalue weighted by Gasteiger charge is -2.19. The Morgan fingerprint density at radius 3 is 2.47 bits per heavy atom. The minimum absolute atomic E-state index is 0.412. The summed E-state index contributed by atoms with van der Waals surface area (Å²) in [5, 5.41) is 8.02. The first kappa shape index (κ1) is 12.8. The summed E-state index contributed by atoms with van der Waals surface area (Å²) in [5.41, 5.74) is 2.82. The van der Waals surface area contributed by atoms with Crippen LogP contribution >= 0.6 is 22.7 Å². The third-order valence-electron chi connectivity index (χ3n) is 3.09. The van der Waals surface area contributed by atoms with E-state index >= 15 is 0 Å². The van der Waals surface area contributed by atoms with Gasteiger partial charge >= 0.3 is 0 Å². The Labute approximate surface area is 112 Å². The van der Waals surface area contributed by atoms with E-state index < -0.39 is 0 Å². The molecule has 0 fully saturated rings. The normalized spacial score (nSPS) is 14.8. The molecule has 0 aliphatic carbocycles. The van der Waals surface area contributed by atoms with Gasteiger partial charge in [0.05, 0.1) is 0 Å². The summed E-state index contributed by atoms with van der Waals surface area (Å²) in [7, 11) is 0. The highest BCUT2D eigenvalue weighted by Gasteiger charge is 2.14. The van der Waals surface area contributed by atoms with Gasteiger partial charge in [0, 0.05) is 21.8 Å². The number of hydrogen-bond acceptors (Lipinski definition) is 3. The molecule has 0 aromatic carbocycles. The monoisotopic (exact) mass is 265 g/mol. The summed E-state index contributed by atoms with van der Waals surface area (Å²) >= 11 is 3.64. The molecule has 2 rings (SSSR count). The fraction of sp³-hybridized carbons (Fsp3) is 0.429. The van der Waals surface area contributed by atoms with Crippen molar-refractivity contribution in [2.45, 2.75) is 39.8 Å². The highest BCUT2D eigenvalue weighted by molar-refractivity contribution is 7.12. The molecule has 92 valence electrons. The van der Waals surface area contributed by atoms with E-state index in [0.717, 1.165) is 0 Å². The van der Waals surface area contributed by atoms with Gasteiger partial charge in [-0.2, -0.15) is 11.3 Å². The largest absolute Gasteiger partial charge is 0.304 e.